The summed E-state index contributed by atoms with van der Waals surface area (Å²) in [5.41, 5.74) is 0. The fraction of sp³-hybridized carbons (Fsp3) is 0.800. The summed E-state index contributed by atoms with van der Waals surface area (Å²) in [7, 11) is 0. The van der Waals surface area contributed by atoms with Crippen LogP contribution >= 0.6 is 0 Å². The normalized spacial score (nSPS) is 14.8. The van der Waals surface area contributed by atoms with Crippen molar-refractivity contribution in [2.75, 3.05) is 12.0 Å². The van der Waals surface area contributed by atoms with Gasteiger partial charge in [-0.15, -0.1) is 0 Å². The first-order valence-corrected chi connectivity index (χ1v) is 6.68. The van der Waals surface area contributed by atoms with E-state index in [1.807, 2.05) is 0 Å². The van der Waals surface area contributed by atoms with Gasteiger partial charge in [-0.2, -0.15) is 0 Å². The SMILES string of the molecule is CC(=O)N[C@@H](CC[S+](C)[O-])C(=O)C(C)C. The minimum Gasteiger partial charge on any atom is -0.617 e. The third-order valence-corrected chi connectivity index (χ3v) is 2.79. The Kier molecular flexibility index (Phi) is 6.60. The quantitative estimate of drug-likeness (QED) is 0.679. The summed E-state index contributed by atoms with van der Waals surface area (Å²) in [4.78, 5) is 22.6. The Morgan fingerprint density at radius 3 is 2.27 bits per heavy atom. The lowest BCUT2D eigenvalue weighted by molar-refractivity contribution is -0.128. The van der Waals surface area contributed by atoms with Gasteiger partial charge in [-0.05, 0) is 0 Å². The Balaban J connectivity index is 4.30. The Bertz CT molecular complexity index is 229. The van der Waals surface area contributed by atoms with Gasteiger partial charge in [-0.1, -0.05) is 25.0 Å². The van der Waals surface area contributed by atoms with E-state index in [2.05, 4.69) is 5.32 Å². The molecule has 0 radical (unpaired) electrons. The highest BCUT2D eigenvalue weighted by molar-refractivity contribution is 7.90. The lowest BCUT2D eigenvalue weighted by Gasteiger charge is -2.18. The van der Waals surface area contributed by atoms with Gasteiger partial charge in [0.25, 0.3) is 0 Å². The van der Waals surface area contributed by atoms with Crippen LogP contribution in [0.4, 0.5) is 0 Å². The first-order chi connectivity index (χ1) is 6.84. The number of Topliss-reactive ketones (excluding diaryl/α,β-unsaturated/α-hetero) is 1. The fourth-order valence-corrected chi connectivity index (χ4v) is 1.78. The van der Waals surface area contributed by atoms with Crippen LogP contribution in [0.5, 0.6) is 0 Å². The fourth-order valence-electron chi connectivity index (χ4n) is 1.22. The zero-order chi connectivity index (χ0) is 12.0. The summed E-state index contributed by atoms with van der Waals surface area (Å²) in [6, 6.07) is -0.494. The number of ketones is 1. The molecule has 1 N–H and O–H groups in total. The molecule has 2 atom stereocenters. The molecule has 0 rings (SSSR count). The number of amides is 1. The van der Waals surface area contributed by atoms with Crippen molar-refractivity contribution in [1.82, 2.24) is 5.32 Å². The van der Waals surface area contributed by atoms with Crippen LogP contribution in [0.2, 0.25) is 0 Å². The second kappa shape index (κ2) is 6.85. The summed E-state index contributed by atoms with van der Waals surface area (Å²) in [6.07, 6.45) is 2.03. The molecule has 0 aromatic heterocycles. The lowest BCUT2D eigenvalue weighted by atomic mass is 10.00. The van der Waals surface area contributed by atoms with Gasteiger partial charge < -0.3 is 9.87 Å². The molecule has 0 aromatic rings. The number of rotatable bonds is 6. The van der Waals surface area contributed by atoms with Crippen molar-refractivity contribution < 1.29 is 14.1 Å². The molecule has 5 heteroatoms. The van der Waals surface area contributed by atoms with Crippen LogP contribution in [0.15, 0.2) is 0 Å². The summed E-state index contributed by atoms with van der Waals surface area (Å²) >= 11 is -0.934. The highest BCUT2D eigenvalue weighted by atomic mass is 32.2. The van der Waals surface area contributed by atoms with Gasteiger partial charge in [0, 0.05) is 19.3 Å². The molecule has 0 spiro atoms. The molecule has 0 saturated heterocycles. The number of carbonyl (C=O) groups is 2. The molecule has 0 aliphatic rings. The second-order valence-corrected chi connectivity index (χ2v) is 5.43. The minimum atomic E-state index is -0.934. The average Bonchev–Trinajstić information content (AvgIpc) is 2.10. The lowest BCUT2D eigenvalue weighted by Crippen LogP contribution is -2.42. The Labute approximate surface area is 94.0 Å². The Morgan fingerprint density at radius 2 is 1.93 bits per heavy atom. The van der Waals surface area contributed by atoms with Gasteiger partial charge in [0.05, 0.1) is 12.3 Å². The molecule has 4 nitrogen and oxygen atoms in total. The van der Waals surface area contributed by atoms with Gasteiger partial charge in [0.15, 0.2) is 5.78 Å². The Hall–Kier alpha value is -0.550. The van der Waals surface area contributed by atoms with Crippen molar-refractivity contribution in [3.8, 4) is 0 Å². The smallest absolute Gasteiger partial charge is 0.217 e. The van der Waals surface area contributed by atoms with Gasteiger partial charge >= 0.3 is 0 Å². The van der Waals surface area contributed by atoms with Crippen molar-refractivity contribution in [2.24, 2.45) is 5.92 Å². The van der Waals surface area contributed by atoms with E-state index in [9.17, 15) is 14.1 Å². The predicted molar refractivity (Wildman–Crippen MR) is 61.0 cm³/mol. The maximum Gasteiger partial charge on any atom is 0.217 e. The van der Waals surface area contributed by atoms with Crippen LogP contribution in [-0.4, -0.2) is 34.3 Å². The zero-order valence-electron chi connectivity index (χ0n) is 9.70. The molecule has 0 aliphatic carbocycles. The standard InChI is InChI=1S/C10H19NO3S/c1-7(2)10(13)9(11-8(3)12)5-6-15(4)14/h7,9H,5-6H2,1-4H3,(H,11,12)/t9-,15?/m0/s1. The molecular formula is C10H19NO3S. The van der Waals surface area contributed by atoms with E-state index < -0.39 is 17.2 Å². The van der Waals surface area contributed by atoms with E-state index in [0.29, 0.717) is 12.2 Å². The molecule has 0 aromatic carbocycles. The number of hydrogen-bond acceptors (Lipinski definition) is 3. The van der Waals surface area contributed by atoms with Crippen LogP contribution in [-0.2, 0) is 20.8 Å². The van der Waals surface area contributed by atoms with Crippen molar-refractivity contribution in [2.45, 2.75) is 33.2 Å². The van der Waals surface area contributed by atoms with Crippen LogP contribution in [0, 0.1) is 5.92 Å². The summed E-state index contributed by atoms with van der Waals surface area (Å²) in [6.45, 7) is 4.96. The number of nitrogens with one attached hydrogen (secondary N) is 1. The summed E-state index contributed by atoms with van der Waals surface area (Å²) in [5.74, 6) is 0.0855. The highest BCUT2D eigenvalue weighted by Gasteiger charge is 2.22. The van der Waals surface area contributed by atoms with Crippen molar-refractivity contribution in [3.05, 3.63) is 0 Å². The third kappa shape index (κ3) is 6.52. The molecule has 1 unspecified atom stereocenters. The van der Waals surface area contributed by atoms with E-state index >= 15 is 0 Å². The van der Waals surface area contributed by atoms with E-state index in [4.69, 9.17) is 0 Å². The van der Waals surface area contributed by atoms with Crippen molar-refractivity contribution >= 4 is 22.9 Å². The van der Waals surface area contributed by atoms with Crippen LogP contribution in [0.3, 0.4) is 0 Å². The molecular weight excluding hydrogens is 214 g/mol. The third-order valence-electron chi connectivity index (χ3n) is 1.98. The summed E-state index contributed by atoms with van der Waals surface area (Å²) in [5, 5.41) is 2.59. The zero-order valence-corrected chi connectivity index (χ0v) is 10.5. The van der Waals surface area contributed by atoms with Crippen molar-refractivity contribution in [3.63, 3.8) is 0 Å². The molecule has 0 heterocycles. The molecule has 0 saturated carbocycles. The van der Waals surface area contributed by atoms with Crippen molar-refractivity contribution in [1.29, 1.82) is 0 Å². The first kappa shape index (κ1) is 14.5. The van der Waals surface area contributed by atoms with Gasteiger partial charge in [-0.25, -0.2) is 0 Å². The van der Waals surface area contributed by atoms with Crippen LogP contribution in [0.1, 0.15) is 27.2 Å². The average molecular weight is 233 g/mol. The monoisotopic (exact) mass is 233 g/mol. The van der Waals surface area contributed by atoms with E-state index in [0.717, 1.165) is 0 Å². The van der Waals surface area contributed by atoms with E-state index in [1.165, 1.54) is 6.92 Å². The predicted octanol–water partition coefficient (Wildman–Crippen LogP) is 0.485. The largest absolute Gasteiger partial charge is 0.617 e. The minimum absolute atomic E-state index is 0.00403. The molecule has 0 aliphatic heterocycles. The van der Waals surface area contributed by atoms with Crippen LogP contribution in [0.25, 0.3) is 0 Å². The molecule has 15 heavy (non-hydrogen) atoms. The van der Waals surface area contributed by atoms with E-state index in [-0.39, 0.29) is 17.6 Å². The molecule has 88 valence electrons. The van der Waals surface area contributed by atoms with Crippen LogP contribution < -0.4 is 5.32 Å². The number of hydrogen-bond donors (Lipinski definition) is 1. The van der Waals surface area contributed by atoms with Gasteiger partial charge in [-0.3, -0.25) is 9.59 Å². The van der Waals surface area contributed by atoms with Gasteiger partial charge in [0.2, 0.25) is 5.91 Å². The Morgan fingerprint density at radius 1 is 1.40 bits per heavy atom. The second-order valence-electron chi connectivity index (χ2n) is 3.88. The topological polar surface area (TPSA) is 69.2 Å². The highest BCUT2D eigenvalue weighted by Crippen LogP contribution is 2.05. The maximum absolute atomic E-state index is 11.7. The summed E-state index contributed by atoms with van der Waals surface area (Å²) < 4.78 is 10.9. The molecule has 0 bridgehead atoms. The number of carbonyl (C=O) groups excluding carboxylic acids is 2. The molecule has 1 amide bonds. The van der Waals surface area contributed by atoms with Gasteiger partial charge in [0.1, 0.15) is 5.75 Å². The molecule has 0 fully saturated rings. The maximum atomic E-state index is 11.7. The first-order valence-electron chi connectivity index (χ1n) is 4.95. The van der Waals surface area contributed by atoms with E-state index in [1.54, 1.807) is 20.1 Å².